The lowest BCUT2D eigenvalue weighted by molar-refractivity contribution is 0.222. The van der Waals surface area contributed by atoms with Gasteiger partial charge in [-0.3, -0.25) is 0 Å². The molecule has 0 radical (unpaired) electrons. The summed E-state index contributed by atoms with van der Waals surface area (Å²) >= 11 is 3.50. The number of nitrogen functional groups attached to an aromatic ring is 1. The highest BCUT2D eigenvalue weighted by Gasteiger charge is 2.20. The lowest BCUT2D eigenvalue weighted by atomic mass is 9.97. The summed E-state index contributed by atoms with van der Waals surface area (Å²) < 4.78 is 0.813. The molecule has 106 valence electrons. The molecule has 2 heterocycles. The Morgan fingerprint density at radius 1 is 1.47 bits per heavy atom. The Kier molecular flexibility index (Phi) is 4.95. The fraction of sp³-hybridized carbons (Fsp3) is 0.667. The van der Waals surface area contributed by atoms with E-state index in [4.69, 9.17) is 5.84 Å². The number of hydrogen-bond acceptors (Lipinski definition) is 6. The van der Waals surface area contributed by atoms with Crippen molar-refractivity contribution < 1.29 is 0 Å². The predicted molar refractivity (Wildman–Crippen MR) is 81.0 cm³/mol. The van der Waals surface area contributed by atoms with Crippen LogP contribution in [-0.2, 0) is 0 Å². The summed E-state index contributed by atoms with van der Waals surface area (Å²) in [6.07, 6.45) is 4.01. The van der Waals surface area contributed by atoms with Crippen molar-refractivity contribution in [3.63, 3.8) is 0 Å². The molecule has 2 rings (SSSR count). The van der Waals surface area contributed by atoms with Crippen LogP contribution in [0, 0.1) is 5.92 Å². The van der Waals surface area contributed by atoms with Gasteiger partial charge in [0.05, 0.1) is 0 Å². The zero-order valence-corrected chi connectivity index (χ0v) is 13.0. The van der Waals surface area contributed by atoms with E-state index in [0.717, 1.165) is 22.8 Å². The molecule has 0 bridgehead atoms. The Hall–Kier alpha value is -0.920. The lowest BCUT2D eigenvalue weighted by Gasteiger charge is -2.32. The van der Waals surface area contributed by atoms with E-state index in [2.05, 4.69) is 55.2 Å². The van der Waals surface area contributed by atoms with Crippen LogP contribution in [0.2, 0.25) is 0 Å². The predicted octanol–water partition coefficient (Wildman–Crippen LogP) is 1.30. The van der Waals surface area contributed by atoms with Gasteiger partial charge in [-0.15, -0.1) is 0 Å². The number of nitrogens with two attached hydrogens (primary N) is 1. The van der Waals surface area contributed by atoms with Gasteiger partial charge in [0.25, 0.3) is 0 Å². The monoisotopic (exact) mass is 328 g/mol. The number of hydrazine groups is 1. The normalized spacial score (nSPS) is 17.5. The van der Waals surface area contributed by atoms with Crippen molar-refractivity contribution in [1.82, 2.24) is 14.9 Å². The molecular formula is C12H21BrN6. The molecule has 1 aliphatic heterocycles. The quantitative estimate of drug-likeness (QED) is 0.641. The topological polar surface area (TPSA) is 70.3 Å². The van der Waals surface area contributed by atoms with Crippen molar-refractivity contribution >= 4 is 27.6 Å². The van der Waals surface area contributed by atoms with E-state index in [1.165, 1.54) is 32.3 Å². The lowest BCUT2D eigenvalue weighted by Crippen LogP contribution is -2.36. The number of hydrogen-bond donors (Lipinski definition) is 2. The maximum Gasteiger partial charge on any atom is 0.159 e. The fourth-order valence-electron chi connectivity index (χ4n) is 2.45. The molecule has 3 N–H and O–H groups in total. The second-order valence-corrected chi connectivity index (χ2v) is 5.92. The van der Waals surface area contributed by atoms with Crippen LogP contribution in [0.3, 0.4) is 0 Å². The molecule has 19 heavy (non-hydrogen) atoms. The Morgan fingerprint density at radius 2 is 2.16 bits per heavy atom. The van der Waals surface area contributed by atoms with E-state index in [0.29, 0.717) is 5.82 Å². The van der Waals surface area contributed by atoms with Crippen molar-refractivity contribution in [1.29, 1.82) is 0 Å². The maximum absolute atomic E-state index is 5.42. The molecule has 0 aliphatic carbocycles. The molecule has 1 fully saturated rings. The van der Waals surface area contributed by atoms with E-state index in [1.54, 1.807) is 0 Å². The number of aromatic nitrogens is 2. The van der Waals surface area contributed by atoms with Crippen molar-refractivity contribution in [3.8, 4) is 0 Å². The van der Waals surface area contributed by atoms with Gasteiger partial charge in [0.2, 0.25) is 0 Å². The van der Waals surface area contributed by atoms with Crippen LogP contribution in [0.5, 0.6) is 0 Å². The Balaban J connectivity index is 2.01. The number of nitrogens with zero attached hydrogens (tertiary/aromatic N) is 4. The zero-order chi connectivity index (χ0) is 13.8. The first kappa shape index (κ1) is 14.5. The van der Waals surface area contributed by atoms with Crippen molar-refractivity contribution in [3.05, 3.63) is 10.8 Å². The number of nitrogens with one attached hydrogen (secondary N) is 1. The van der Waals surface area contributed by atoms with Gasteiger partial charge in [-0.05, 0) is 54.8 Å². The SMILES string of the molecule is CN1CCC(CN(C)c2ncnc(NN)c2Br)CC1. The minimum Gasteiger partial charge on any atom is -0.358 e. The average molecular weight is 329 g/mol. The second kappa shape index (κ2) is 6.49. The molecule has 0 aromatic carbocycles. The third-order valence-corrected chi connectivity index (χ3v) is 4.37. The highest BCUT2D eigenvalue weighted by atomic mass is 79.9. The summed E-state index contributed by atoms with van der Waals surface area (Å²) in [6, 6.07) is 0. The van der Waals surface area contributed by atoms with Gasteiger partial charge >= 0.3 is 0 Å². The molecular weight excluding hydrogens is 308 g/mol. The van der Waals surface area contributed by atoms with Gasteiger partial charge in [0, 0.05) is 13.6 Å². The van der Waals surface area contributed by atoms with Crippen LogP contribution in [0.25, 0.3) is 0 Å². The Bertz CT molecular complexity index is 419. The minimum absolute atomic E-state index is 0.611. The van der Waals surface area contributed by atoms with E-state index in [1.807, 2.05) is 0 Å². The first-order chi connectivity index (χ1) is 9.11. The molecule has 0 atom stereocenters. The Morgan fingerprint density at radius 3 is 2.79 bits per heavy atom. The van der Waals surface area contributed by atoms with Gasteiger partial charge < -0.3 is 15.2 Å². The van der Waals surface area contributed by atoms with Crippen LogP contribution in [-0.4, -0.2) is 48.6 Å². The van der Waals surface area contributed by atoms with Crippen LogP contribution in [0.4, 0.5) is 11.6 Å². The van der Waals surface area contributed by atoms with Crippen molar-refractivity contribution in [2.75, 3.05) is 44.1 Å². The fourth-order valence-corrected chi connectivity index (χ4v) is 3.07. The van der Waals surface area contributed by atoms with Crippen molar-refractivity contribution in [2.24, 2.45) is 11.8 Å². The standard InChI is InChI=1S/C12H21BrN6/c1-18-5-3-9(4-6-18)7-19(2)12-10(13)11(17-14)15-8-16-12/h8-9H,3-7,14H2,1-2H3,(H,15,16,17). The summed E-state index contributed by atoms with van der Waals surface area (Å²) in [4.78, 5) is 13.0. The number of likely N-dealkylation sites (tertiary alicyclic amines) is 1. The van der Waals surface area contributed by atoms with E-state index < -0.39 is 0 Å². The molecule has 1 aliphatic rings. The number of piperidine rings is 1. The average Bonchev–Trinajstić information content (AvgIpc) is 2.41. The van der Waals surface area contributed by atoms with E-state index in [-0.39, 0.29) is 0 Å². The molecule has 0 spiro atoms. The third-order valence-electron chi connectivity index (χ3n) is 3.64. The molecule has 1 aromatic rings. The molecule has 1 saturated heterocycles. The first-order valence-corrected chi connectivity index (χ1v) is 7.28. The molecule has 0 unspecified atom stereocenters. The highest BCUT2D eigenvalue weighted by Crippen LogP contribution is 2.29. The Labute approximate surface area is 122 Å². The molecule has 0 amide bonds. The van der Waals surface area contributed by atoms with Gasteiger partial charge in [-0.1, -0.05) is 0 Å². The smallest absolute Gasteiger partial charge is 0.159 e. The largest absolute Gasteiger partial charge is 0.358 e. The molecule has 0 saturated carbocycles. The van der Waals surface area contributed by atoms with Crippen molar-refractivity contribution in [2.45, 2.75) is 12.8 Å². The van der Waals surface area contributed by atoms with E-state index in [9.17, 15) is 0 Å². The van der Waals surface area contributed by atoms with Crippen LogP contribution in [0.1, 0.15) is 12.8 Å². The van der Waals surface area contributed by atoms with Crippen LogP contribution in [0.15, 0.2) is 10.8 Å². The number of halogens is 1. The molecule has 1 aromatic heterocycles. The third kappa shape index (κ3) is 3.55. The van der Waals surface area contributed by atoms with E-state index >= 15 is 0 Å². The van der Waals surface area contributed by atoms with Gasteiger partial charge in [-0.2, -0.15) is 0 Å². The summed E-state index contributed by atoms with van der Waals surface area (Å²) in [6.45, 7) is 3.37. The van der Waals surface area contributed by atoms with Gasteiger partial charge in [0.1, 0.15) is 16.6 Å². The summed E-state index contributed by atoms with van der Waals surface area (Å²) in [7, 11) is 4.24. The maximum atomic E-state index is 5.42. The highest BCUT2D eigenvalue weighted by molar-refractivity contribution is 9.10. The minimum atomic E-state index is 0.611. The first-order valence-electron chi connectivity index (χ1n) is 6.48. The number of rotatable bonds is 4. The summed E-state index contributed by atoms with van der Waals surface area (Å²) in [5.41, 5.74) is 2.57. The summed E-state index contributed by atoms with van der Waals surface area (Å²) in [5.74, 6) is 7.63. The van der Waals surface area contributed by atoms with Crippen LogP contribution >= 0.6 is 15.9 Å². The molecule has 7 heteroatoms. The van der Waals surface area contributed by atoms with Crippen LogP contribution < -0.4 is 16.2 Å². The summed E-state index contributed by atoms with van der Waals surface area (Å²) in [5, 5.41) is 0. The molecule has 6 nitrogen and oxygen atoms in total. The van der Waals surface area contributed by atoms with Gasteiger partial charge in [-0.25, -0.2) is 15.8 Å². The van der Waals surface area contributed by atoms with Gasteiger partial charge in [0.15, 0.2) is 5.82 Å². The zero-order valence-electron chi connectivity index (χ0n) is 11.4. The number of anilines is 2. The second-order valence-electron chi connectivity index (χ2n) is 5.13.